The van der Waals surface area contributed by atoms with Crippen LogP contribution in [-0.4, -0.2) is 23.9 Å². The van der Waals surface area contributed by atoms with Gasteiger partial charge in [-0.15, -0.1) is 0 Å². The van der Waals surface area contributed by atoms with Crippen LogP contribution in [0.5, 0.6) is 11.5 Å². The maximum absolute atomic E-state index is 13.0. The van der Waals surface area contributed by atoms with E-state index in [2.05, 4.69) is 4.42 Å². The number of halogens is 3. The first kappa shape index (κ1) is 24.9. The molecule has 0 aliphatic carbocycles. The van der Waals surface area contributed by atoms with Crippen LogP contribution in [0.15, 0.2) is 108 Å². The highest BCUT2D eigenvalue weighted by Crippen LogP contribution is 2.29. The van der Waals surface area contributed by atoms with Crippen LogP contribution in [0.3, 0.4) is 0 Å². The van der Waals surface area contributed by atoms with Gasteiger partial charge >= 0.3 is 6.18 Å². The van der Waals surface area contributed by atoms with E-state index in [4.69, 9.17) is 4.74 Å². The van der Waals surface area contributed by atoms with Crippen molar-refractivity contribution in [2.75, 3.05) is 11.4 Å². The molecule has 1 aromatic heterocycles. The number of rotatable bonds is 7. The number of alkyl halides is 3. The van der Waals surface area contributed by atoms with Crippen molar-refractivity contribution in [2.24, 2.45) is 0 Å². The molecule has 178 valence electrons. The van der Waals surface area contributed by atoms with Crippen molar-refractivity contribution in [3.8, 4) is 11.5 Å². The smallest absolute Gasteiger partial charge is 0.416 e. The number of aryl methyl sites for hydroxylation is 1. The number of aliphatic hydroxyl groups excluding tert-OH is 1. The van der Waals surface area contributed by atoms with Crippen molar-refractivity contribution < 1.29 is 27.4 Å². The summed E-state index contributed by atoms with van der Waals surface area (Å²) in [6.07, 6.45) is -3.89. The SMILES string of the molecule is Cc1cccc(CN(CC(O)C(F)(F)F)c2cccc(Oc3ccccc3)c2)c1.c1ccoc1. The fraction of sp³-hybridized carbons (Fsp3) is 0.185. The van der Waals surface area contributed by atoms with Crippen molar-refractivity contribution in [1.82, 2.24) is 0 Å². The number of hydrogen-bond acceptors (Lipinski definition) is 4. The summed E-state index contributed by atoms with van der Waals surface area (Å²) in [5.41, 5.74) is 2.40. The average molecular weight is 470 g/mol. The Bertz CT molecular complexity index is 1100. The lowest BCUT2D eigenvalue weighted by Crippen LogP contribution is -2.40. The van der Waals surface area contributed by atoms with Crippen LogP contribution in [0.2, 0.25) is 0 Å². The second-order valence-electron chi connectivity index (χ2n) is 7.63. The van der Waals surface area contributed by atoms with E-state index in [9.17, 15) is 18.3 Å². The molecule has 34 heavy (non-hydrogen) atoms. The highest BCUT2D eigenvalue weighted by molar-refractivity contribution is 5.52. The van der Waals surface area contributed by atoms with Crippen LogP contribution < -0.4 is 9.64 Å². The molecule has 0 fully saturated rings. The number of ether oxygens (including phenoxy) is 1. The minimum Gasteiger partial charge on any atom is -0.473 e. The molecular weight excluding hydrogens is 443 g/mol. The Labute approximate surface area is 196 Å². The molecule has 0 aliphatic rings. The molecule has 4 nitrogen and oxygen atoms in total. The fourth-order valence-corrected chi connectivity index (χ4v) is 3.20. The van der Waals surface area contributed by atoms with Crippen molar-refractivity contribution in [3.05, 3.63) is 115 Å². The standard InChI is InChI=1S/C23H22F3NO2.C4H4O/c1-17-7-5-8-18(13-17)15-27(16-22(28)23(24,25)26)19-9-6-12-21(14-19)29-20-10-3-2-4-11-20;1-2-4-5-3-1/h2-14,22,28H,15-16H2,1H3;1-4H. The number of anilines is 1. The number of aliphatic hydroxyl groups is 1. The van der Waals surface area contributed by atoms with E-state index < -0.39 is 18.8 Å². The summed E-state index contributed by atoms with van der Waals surface area (Å²) in [6, 6.07) is 27.2. The highest BCUT2D eigenvalue weighted by Gasteiger charge is 2.39. The summed E-state index contributed by atoms with van der Waals surface area (Å²) in [4.78, 5) is 1.50. The van der Waals surface area contributed by atoms with Crippen LogP contribution >= 0.6 is 0 Å². The first-order valence-electron chi connectivity index (χ1n) is 10.7. The Kier molecular flexibility index (Phi) is 8.76. The third-order valence-corrected chi connectivity index (χ3v) is 4.81. The summed E-state index contributed by atoms with van der Waals surface area (Å²) in [5, 5.41) is 9.66. The Hall–Kier alpha value is -3.71. The summed E-state index contributed by atoms with van der Waals surface area (Å²) >= 11 is 0. The Morgan fingerprint density at radius 1 is 0.853 bits per heavy atom. The third-order valence-electron chi connectivity index (χ3n) is 4.81. The van der Waals surface area contributed by atoms with Gasteiger partial charge in [0.15, 0.2) is 6.10 Å². The summed E-state index contributed by atoms with van der Waals surface area (Å²) in [5.74, 6) is 1.13. The number of hydrogen-bond donors (Lipinski definition) is 1. The fourth-order valence-electron chi connectivity index (χ4n) is 3.20. The zero-order valence-electron chi connectivity index (χ0n) is 18.7. The average Bonchev–Trinajstić information content (AvgIpc) is 3.39. The molecule has 4 aromatic rings. The quantitative estimate of drug-likeness (QED) is 0.317. The zero-order valence-corrected chi connectivity index (χ0v) is 18.7. The molecule has 1 unspecified atom stereocenters. The van der Waals surface area contributed by atoms with E-state index in [0.717, 1.165) is 11.1 Å². The molecule has 0 aliphatic heterocycles. The summed E-state index contributed by atoms with van der Waals surface area (Å²) in [7, 11) is 0. The molecule has 7 heteroatoms. The third kappa shape index (κ3) is 8.01. The predicted octanol–water partition coefficient (Wildman–Crippen LogP) is 7.00. The molecular formula is C27H26F3NO3. The first-order chi connectivity index (χ1) is 16.3. The van der Waals surface area contributed by atoms with Crippen LogP contribution in [0, 0.1) is 6.92 Å². The minimum atomic E-state index is -4.69. The van der Waals surface area contributed by atoms with Gasteiger partial charge in [-0.05, 0) is 48.9 Å². The van der Waals surface area contributed by atoms with Gasteiger partial charge in [0, 0.05) is 18.3 Å². The van der Waals surface area contributed by atoms with Crippen LogP contribution in [0.25, 0.3) is 0 Å². The van der Waals surface area contributed by atoms with Crippen molar-refractivity contribution >= 4 is 5.69 Å². The summed E-state index contributed by atoms with van der Waals surface area (Å²) < 4.78 is 49.4. The van der Waals surface area contributed by atoms with Crippen LogP contribution in [-0.2, 0) is 6.54 Å². The Balaban J connectivity index is 0.000000574. The van der Waals surface area contributed by atoms with Crippen molar-refractivity contribution in [1.29, 1.82) is 0 Å². The molecule has 0 radical (unpaired) electrons. The second-order valence-corrected chi connectivity index (χ2v) is 7.63. The maximum atomic E-state index is 13.0. The van der Waals surface area contributed by atoms with Gasteiger partial charge < -0.3 is 19.2 Å². The van der Waals surface area contributed by atoms with Gasteiger partial charge in [-0.1, -0.05) is 54.1 Å². The number of para-hydroxylation sites is 1. The lowest BCUT2D eigenvalue weighted by Gasteiger charge is -2.28. The first-order valence-corrected chi connectivity index (χ1v) is 10.7. The van der Waals surface area contributed by atoms with E-state index in [1.807, 2.05) is 61.5 Å². The van der Waals surface area contributed by atoms with E-state index in [1.165, 1.54) is 4.90 Å². The molecule has 0 bridgehead atoms. The molecule has 0 saturated carbocycles. The van der Waals surface area contributed by atoms with E-state index in [-0.39, 0.29) is 6.54 Å². The van der Waals surface area contributed by atoms with Gasteiger partial charge in [0.05, 0.1) is 19.1 Å². The van der Waals surface area contributed by atoms with Gasteiger partial charge in [0.25, 0.3) is 0 Å². The second kappa shape index (κ2) is 12.0. The van der Waals surface area contributed by atoms with Gasteiger partial charge in [-0.25, -0.2) is 0 Å². The molecule has 1 N–H and O–H groups in total. The maximum Gasteiger partial charge on any atom is 0.416 e. The van der Waals surface area contributed by atoms with E-state index in [0.29, 0.717) is 17.2 Å². The topological polar surface area (TPSA) is 45.8 Å². The minimum absolute atomic E-state index is 0.226. The van der Waals surface area contributed by atoms with Gasteiger partial charge in [-0.2, -0.15) is 13.2 Å². The highest BCUT2D eigenvalue weighted by atomic mass is 19.4. The lowest BCUT2D eigenvalue weighted by molar-refractivity contribution is -0.200. The van der Waals surface area contributed by atoms with Crippen molar-refractivity contribution in [2.45, 2.75) is 25.7 Å². The normalized spacial score (nSPS) is 11.8. The van der Waals surface area contributed by atoms with Crippen LogP contribution in [0.1, 0.15) is 11.1 Å². The lowest BCUT2D eigenvalue weighted by atomic mass is 10.1. The number of benzene rings is 3. The number of nitrogens with zero attached hydrogens (tertiary/aromatic N) is 1. The largest absolute Gasteiger partial charge is 0.473 e. The van der Waals surface area contributed by atoms with Crippen molar-refractivity contribution in [3.63, 3.8) is 0 Å². The molecule has 0 saturated heterocycles. The van der Waals surface area contributed by atoms with E-state index in [1.54, 1.807) is 48.9 Å². The van der Waals surface area contributed by atoms with E-state index >= 15 is 0 Å². The predicted molar refractivity (Wildman–Crippen MR) is 126 cm³/mol. The van der Waals surface area contributed by atoms with Gasteiger partial charge in [0.1, 0.15) is 11.5 Å². The Morgan fingerprint density at radius 2 is 1.53 bits per heavy atom. The van der Waals surface area contributed by atoms with Crippen LogP contribution in [0.4, 0.5) is 18.9 Å². The van der Waals surface area contributed by atoms with Gasteiger partial charge in [0.2, 0.25) is 0 Å². The molecule has 1 atom stereocenters. The summed E-state index contributed by atoms with van der Waals surface area (Å²) in [6.45, 7) is 1.57. The molecule has 3 aromatic carbocycles. The molecule has 0 amide bonds. The van der Waals surface area contributed by atoms with Gasteiger partial charge in [-0.3, -0.25) is 0 Å². The number of furan rings is 1. The Morgan fingerprint density at radius 3 is 2.15 bits per heavy atom. The molecule has 1 heterocycles. The monoisotopic (exact) mass is 469 g/mol. The molecule has 0 spiro atoms. The zero-order chi connectivity index (χ0) is 24.4. The molecule has 4 rings (SSSR count).